The van der Waals surface area contributed by atoms with Gasteiger partial charge in [0.25, 0.3) is 5.91 Å². The van der Waals surface area contributed by atoms with Gasteiger partial charge in [0.15, 0.2) is 0 Å². The Morgan fingerprint density at radius 3 is 2.71 bits per heavy atom. The molecule has 4 aromatic rings. The van der Waals surface area contributed by atoms with Crippen LogP contribution in [0.25, 0.3) is 21.8 Å². The maximum Gasteiger partial charge on any atom is 0.271 e. The highest BCUT2D eigenvalue weighted by molar-refractivity contribution is 6.07. The van der Waals surface area contributed by atoms with E-state index >= 15 is 0 Å². The molecule has 0 saturated heterocycles. The zero-order valence-electron chi connectivity index (χ0n) is 15.5. The molecule has 2 heterocycles. The molecule has 28 heavy (non-hydrogen) atoms. The van der Waals surface area contributed by atoms with Crippen molar-refractivity contribution < 1.29 is 14.0 Å². The second-order valence-corrected chi connectivity index (χ2v) is 6.77. The standard InChI is InChI=1S/C21H19FN4O2/c1-12-15(16-9-13(22)7-8-18(16)23-12)10-20(27)24-25-21(28)17-11-26(2)19-6-4-3-5-14(17)19/h3-9,11,23H,10H2,1-2H3,(H,24,27)(H,25,28). The third-order valence-corrected chi connectivity index (χ3v) is 4.88. The molecule has 2 aromatic heterocycles. The van der Waals surface area contributed by atoms with Crippen LogP contribution >= 0.6 is 0 Å². The Morgan fingerprint density at radius 2 is 1.89 bits per heavy atom. The summed E-state index contributed by atoms with van der Waals surface area (Å²) in [6, 6.07) is 11.9. The van der Waals surface area contributed by atoms with Crippen molar-refractivity contribution in [3.05, 3.63) is 71.3 Å². The second-order valence-electron chi connectivity index (χ2n) is 6.77. The maximum absolute atomic E-state index is 13.6. The number of carbonyl (C=O) groups is 2. The van der Waals surface area contributed by atoms with Crippen LogP contribution in [0.2, 0.25) is 0 Å². The van der Waals surface area contributed by atoms with Crippen molar-refractivity contribution in [3.63, 3.8) is 0 Å². The van der Waals surface area contributed by atoms with E-state index < -0.39 is 5.91 Å². The molecular formula is C21H19FN4O2. The second kappa shape index (κ2) is 6.84. The minimum Gasteiger partial charge on any atom is -0.358 e. The fourth-order valence-electron chi connectivity index (χ4n) is 3.50. The lowest BCUT2D eigenvalue weighted by Crippen LogP contribution is -2.42. The SMILES string of the molecule is Cc1[nH]c2ccc(F)cc2c1CC(=O)NNC(=O)c1cn(C)c2ccccc12. The molecular weight excluding hydrogens is 359 g/mol. The number of halogens is 1. The van der Waals surface area contributed by atoms with Gasteiger partial charge in [0, 0.05) is 40.7 Å². The summed E-state index contributed by atoms with van der Waals surface area (Å²) < 4.78 is 15.4. The highest BCUT2D eigenvalue weighted by Gasteiger charge is 2.16. The predicted molar refractivity (Wildman–Crippen MR) is 105 cm³/mol. The van der Waals surface area contributed by atoms with Crippen molar-refractivity contribution in [2.75, 3.05) is 0 Å². The summed E-state index contributed by atoms with van der Waals surface area (Å²) in [6.07, 6.45) is 1.74. The van der Waals surface area contributed by atoms with Crippen LogP contribution in [0.4, 0.5) is 4.39 Å². The van der Waals surface area contributed by atoms with Gasteiger partial charge in [-0.05, 0) is 36.8 Å². The van der Waals surface area contributed by atoms with Gasteiger partial charge in [-0.2, -0.15) is 0 Å². The summed E-state index contributed by atoms with van der Waals surface area (Å²) >= 11 is 0. The van der Waals surface area contributed by atoms with Gasteiger partial charge in [-0.1, -0.05) is 18.2 Å². The van der Waals surface area contributed by atoms with E-state index in [0.717, 1.165) is 22.1 Å². The Bertz CT molecular complexity index is 1220. The number of nitrogens with zero attached hydrogens (tertiary/aromatic N) is 1. The van der Waals surface area contributed by atoms with E-state index in [4.69, 9.17) is 0 Å². The number of hydrogen-bond donors (Lipinski definition) is 3. The van der Waals surface area contributed by atoms with Crippen molar-refractivity contribution in [2.45, 2.75) is 13.3 Å². The van der Waals surface area contributed by atoms with Gasteiger partial charge in [-0.25, -0.2) is 4.39 Å². The predicted octanol–water partition coefficient (Wildman–Crippen LogP) is 3.11. The van der Waals surface area contributed by atoms with E-state index in [9.17, 15) is 14.0 Å². The van der Waals surface area contributed by atoms with E-state index in [1.807, 2.05) is 42.8 Å². The van der Waals surface area contributed by atoms with Crippen LogP contribution in [0.15, 0.2) is 48.7 Å². The number of carbonyl (C=O) groups excluding carboxylic acids is 2. The first-order valence-corrected chi connectivity index (χ1v) is 8.84. The summed E-state index contributed by atoms with van der Waals surface area (Å²) in [7, 11) is 1.86. The van der Waals surface area contributed by atoms with Crippen molar-refractivity contribution >= 4 is 33.6 Å². The van der Waals surface area contributed by atoms with Crippen LogP contribution in [0.5, 0.6) is 0 Å². The zero-order valence-corrected chi connectivity index (χ0v) is 15.5. The largest absolute Gasteiger partial charge is 0.358 e. The van der Waals surface area contributed by atoms with Crippen molar-refractivity contribution in [2.24, 2.45) is 7.05 Å². The minimum absolute atomic E-state index is 0.0190. The Labute approximate surface area is 160 Å². The molecule has 2 amide bonds. The fourth-order valence-corrected chi connectivity index (χ4v) is 3.50. The van der Waals surface area contributed by atoms with Crippen molar-refractivity contribution in [1.82, 2.24) is 20.4 Å². The van der Waals surface area contributed by atoms with E-state index in [2.05, 4.69) is 15.8 Å². The number of aryl methyl sites for hydroxylation is 2. The zero-order chi connectivity index (χ0) is 19.8. The first-order chi connectivity index (χ1) is 13.4. The summed E-state index contributed by atoms with van der Waals surface area (Å²) in [5, 5.41) is 1.47. The first kappa shape index (κ1) is 17.8. The quantitative estimate of drug-likeness (QED) is 0.479. The highest BCUT2D eigenvalue weighted by atomic mass is 19.1. The maximum atomic E-state index is 13.6. The number of H-pyrrole nitrogens is 1. The summed E-state index contributed by atoms with van der Waals surface area (Å²) in [5.74, 6) is -1.15. The molecule has 0 fully saturated rings. The van der Waals surface area contributed by atoms with E-state index in [1.165, 1.54) is 12.1 Å². The van der Waals surface area contributed by atoms with E-state index in [-0.39, 0.29) is 18.1 Å². The molecule has 0 unspecified atom stereocenters. The molecule has 6 nitrogen and oxygen atoms in total. The number of para-hydroxylation sites is 1. The lowest BCUT2D eigenvalue weighted by molar-refractivity contribution is -0.121. The molecule has 142 valence electrons. The number of aromatic amines is 1. The number of rotatable bonds is 3. The Morgan fingerprint density at radius 1 is 1.11 bits per heavy atom. The summed E-state index contributed by atoms with van der Waals surface area (Å²) in [5.41, 5.74) is 8.56. The summed E-state index contributed by atoms with van der Waals surface area (Å²) in [4.78, 5) is 28.0. The van der Waals surface area contributed by atoms with E-state index in [0.29, 0.717) is 16.5 Å². The fraction of sp³-hybridized carbons (Fsp3) is 0.143. The van der Waals surface area contributed by atoms with Gasteiger partial charge in [0.05, 0.1) is 12.0 Å². The van der Waals surface area contributed by atoms with Crippen LogP contribution in [0.1, 0.15) is 21.6 Å². The molecule has 0 aliphatic carbocycles. The number of aromatic nitrogens is 2. The van der Waals surface area contributed by atoms with Crippen LogP contribution < -0.4 is 10.9 Å². The summed E-state index contributed by atoms with van der Waals surface area (Å²) in [6.45, 7) is 1.83. The molecule has 0 saturated carbocycles. The lowest BCUT2D eigenvalue weighted by atomic mass is 10.1. The molecule has 0 spiro atoms. The average molecular weight is 378 g/mol. The van der Waals surface area contributed by atoms with Gasteiger partial charge < -0.3 is 9.55 Å². The van der Waals surface area contributed by atoms with Crippen LogP contribution in [-0.4, -0.2) is 21.4 Å². The van der Waals surface area contributed by atoms with Gasteiger partial charge in [-0.3, -0.25) is 20.4 Å². The molecule has 0 atom stereocenters. The Kier molecular flexibility index (Phi) is 4.35. The number of hydrazine groups is 1. The normalized spacial score (nSPS) is 11.1. The molecule has 7 heteroatoms. The number of nitrogens with one attached hydrogen (secondary N) is 3. The average Bonchev–Trinajstić information content (AvgIpc) is 3.17. The molecule has 0 aliphatic rings. The molecule has 4 rings (SSSR count). The lowest BCUT2D eigenvalue weighted by Gasteiger charge is -2.07. The van der Waals surface area contributed by atoms with Gasteiger partial charge in [0.2, 0.25) is 5.91 Å². The first-order valence-electron chi connectivity index (χ1n) is 8.84. The van der Waals surface area contributed by atoms with E-state index in [1.54, 1.807) is 12.3 Å². The Balaban J connectivity index is 1.48. The van der Waals surface area contributed by atoms with Gasteiger partial charge in [-0.15, -0.1) is 0 Å². The van der Waals surface area contributed by atoms with Crippen LogP contribution in [0.3, 0.4) is 0 Å². The highest BCUT2D eigenvalue weighted by Crippen LogP contribution is 2.23. The number of hydrogen-bond acceptors (Lipinski definition) is 2. The van der Waals surface area contributed by atoms with Crippen molar-refractivity contribution in [3.8, 4) is 0 Å². The Hall–Kier alpha value is -3.61. The molecule has 0 radical (unpaired) electrons. The molecule has 2 aromatic carbocycles. The number of benzene rings is 2. The molecule has 0 bridgehead atoms. The van der Waals surface area contributed by atoms with Crippen LogP contribution in [-0.2, 0) is 18.3 Å². The minimum atomic E-state index is -0.396. The third kappa shape index (κ3) is 3.11. The molecule has 0 aliphatic heterocycles. The topological polar surface area (TPSA) is 78.9 Å². The van der Waals surface area contributed by atoms with Crippen molar-refractivity contribution in [1.29, 1.82) is 0 Å². The third-order valence-electron chi connectivity index (χ3n) is 4.88. The monoisotopic (exact) mass is 378 g/mol. The van der Waals surface area contributed by atoms with Gasteiger partial charge >= 0.3 is 0 Å². The number of amides is 2. The molecule has 3 N–H and O–H groups in total. The number of fused-ring (bicyclic) bond motifs is 2. The van der Waals surface area contributed by atoms with Gasteiger partial charge in [0.1, 0.15) is 5.82 Å². The van der Waals surface area contributed by atoms with Crippen LogP contribution in [0, 0.1) is 12.7 Å². The smallest absolute Gasteiger partial charge is 0.271 e.